The molecule has 0 radical (unpaired) electrons. The molecular weight excluding hydrogens is 568 g/mol. The summed E-state index contributed by atoms with van der Waals surface area (Å²) in [4.78, 5) is 37.6. The van der Waals surface area contributed by atoms with Crippen LogP contribution in [0.1, 0.15) is 37.9 Å². The molecule has 0 aliphatic carbocycles. The summed E-state index contributed by atoms with van der Waals surface area (Å²) in [5.41, 5.74) is 2.87. The molecular formula is C28H32N4O7S2. The van der Waals surface area contributed by atoms with Gasteiger partial charge < -0.3 is 14.5 Å². The van der Waals surface area contributed by atoms with E-state index in [0.29, 0.717) is 36.3 Å². The zero-order valence-corrected chi connectivity index (χ0v) is 24.4. The predicted octanol–water partition coefficient (Wildman–Crippen LogP) is 4.87. The molecule has 11 nitrogen and oxygen atoms in total. The smallest absolute Gasteiger partial charge is 0.307 e. The lowest BCUT2D eigenvalue weighted by atomic mass is 9.87. The summed E-state index contributed by atoms with van der Waals surface area (Å²) in [6, 6.07) is 15.4. The topological polar surface area (TPSA) is 159 Å². The van der Waals surface area contributed by atoms with Gasteiger partial charge in [0.25, 0.3) is 10.0 Å². The number of benzene rings is 2. The predicted molar refractivity (Wildman–Crippen MR) is 155 cm³/mol. The molecule has 13 heteroatoms. The number of aliphatic carboxylic acids is 1. The van der Waals surface area contributed by atoms with Crippen molar-refractivity contribution < 1.29 is 27.6 Å². The van der Waals surface area contributed by atoms with Crippen molar-refractivity contribution in [1.82, 2.24) is 14.8 Å². The van der Waals surface area contributed by atoms with Crippen LogP contribution in [0.25, 0.3) is 22.4 Å². The minimum absolute atomic E-state index is 0.117. The number of rotatable bonds is 12. The summed E-state index contributed by atoms with van der Waals surface area (Å²) in [5, 5.41) is 13.9. The average Bonchev–Trinajstić information content (AvgIpc) is 3.34. The van der Waals surface area contributed by atoms with Gasteiger partial charge >= 0.3 is 5.97 Å². The molecule has 3 aromatic rings. The van der Waals surface area contributed by atoms with E-state index in [0.717, 1.165) is 36.2 Å². The molecule has 2 heterocycles. The van der Waals surface area contributed by atoms with Crippen LogP contribution >= 0.6 is 11.9 Å². The zero-order valence-electron chi connectivity index (χ0n) is 22.8. The maximum Gasteiger partial charge on any atom is 0.307 e. The van der Waals surface area contributed by atoms with Crippen LogP contribution < -0.4 is 4.72 Å². The van der Waals surface area contributed by atoms with Crippen LogP contribution in [0.15, 0.2) is 68.6 Å². The van der Waals surface area contributed by atoms with Crippen LogP contribution in [0.2, 0.25) is 0 Å². The molecule has 218 valence electrons. The van der Waals surface area contributed by atoms with E-state index >= 15 is 0 Å². The molecule has 1 fully saturated rings. The van der Waals surface area contributed by atoms with Crippen molar-refractivity contribution >= 4 is 33.8 Å². The Morgan fingerprint density at radius 2 is 1.78 bits per heavy atom. The monoisotopic (exact) mass is 600 g/mol. The number of sulfonamides is 1. The summed E-state index contributed by atoms with van der Waals surface area (Å²) >= 11 is 0.926. The molecule has 4 rings (SSSR count). The van der Waals surface area contributed by atoms with Gasteiger partial charge in [0.05, 0.1) is 16.4 Å². The third kappa shape index (κ3) is 7.40. The number of nitrogens with one attached hydrogen (secondary N) is 1. The van der Waals surface area contributed by atoms with E-state index in [9.17, 15) is 28.0 Å². The van der Waals surface area contributed by atoms with Crippen molar-refractivity contribution in [3.63, 3.8) is 0 Å². The first-order valence-electron chi connectivity index (χ1n) is 13.1. The number of aryl methyl sites for hydroxylation is 1. The maximum atomic E-state index is 13.0. The summed E-state index contributed by atoms with van der Waals surface area (Å²) in [6.45, 7) is 3.27. The van der Waals surface area contributed by atoms with Gasteiger partial charge in [0.1, 0.15) is 11.5 Å². The standard InChI is InChI=1S/C28H32N4O7S2/c1-19-25(26(29-39-19)21-6-4-3-5-7-21)20-8-10-23(11-9-20)41(37,38)30-24(33)18-22(27(34)35)12-13-28(40-31-36)14-16-32(2)17-15-28/h3-11,22H,12-18H2,1-2H3,(H,30,33)(H,34,35). The van der Waals surface area contributed by atoms with E-state index < -0.39 is 39.0 Å². The molecule has 1 aromatic heterocycles. The summed E-state index contributed by atoms with van der Waals surface area (Å²) in [5.74, 6) is -2.66. The number of amides is 1. The Balaban J connectivity index is 1.43. The van der Waals surface area contributed by atoms with E-state index in [1.807, 2.05) is 42.1 Å². The summed E-state index contributed by atoms with van der Waals surface area (Å²) in [6.07, 6.45) is 1.32. The van der Waals surface area contributed by atoms with E-state index in [4.69, 9.17) is 4.52 Å². The van der Waals surface area contributed by atoms with E-state index in [-0.39, 0.29) is 11.3 Å². The summed E-state index contributed by atoms with van der Waals surface area (Å²) in [7, 11) is -2.28. The molecule has 2 N–H and O–H groups in total. The van der Waals surface area contributed by atoms with E-state index in [2.05, 4.69) is 14.6 Å². The highest BCUT2D eigenvalue weighted by molar-refractivity contribution is 7.99. The number of carboxylic acid groups (broad SMARTS) is 1. The van der Waals surface area contributed by atoms with Crippen molar-refractivity contribution in [3.05, 3.63) is 65.3 Å². The highest BCUT2D eigenvalue weighted by atomic mass is 32.2. The third-order valence-electron chi connectivity index (χ3n) is 7.47. The Bertz CT molecular complexity index is 1480. The first kappa shape index (κ1) is 30.4. The van der Waals surface area contributed by atoms with Crippen LogP contribution in [0, 0.1) is 17.7 Å². The van der Waals surface area contributed by atoms with Crippen LogP contribution in [-0.4, -0.2) is 60.3 Å². The second-order valence-electron chi connectivity index (χ2n) is 10.3. The molecule has 0 spiro atoms. The first-order valence-corrected chi connectivity index (χ1v) is 15.4. The Morgan fingerprint density at radius 3 is 2.39 bits per heavy atom. The number of carbonyl (C=O) groups excluding carboxylic acids is 1. The average molecular weight is 601 g/mol. The second kappa shape index (κ2) is 13.0. The van der Waals surface area contributed by atoms with Crippen molar-refractivity contribution in [3.8, 4) is 22.4 Å². The molecule has 1 aliphatic rings. The lowest BCUT2D eigenvalue weighted by molar-refractivity contribution is -0.144. The lowest BCUT2D eigenvalue weighted by Crippen LogP contribution is -2.41. The molecule has 1 amide bonds. The fourth-order valence-corrected chi connectivity index (χ4v) is 6.75. The molecule has 1 saturated heterocycles. The quantitative estimate of drug-likeness (QED) is 0.217. The van der Waals surface area contributed by atoms with Gasteiger partial charge in [0, 0.05) is 33.3 Å². The van der Waals surface area contributed by atoms with Gasteiger partial charge in [-0.2, -0.15) is 0 Å². The molecule has 1 unspecified atom stereocenters. The molecule has 0 bridgehead atoms. The number of likely N-dealkylation sites (tertiary alicyclic amines) is 1. The van der Waals surface area contributed by atoms with Gasteiger partial charge in [-0.15, -0.1) is 4.91 Å². The minimum atomic E-state index is -4.25. The van der Waals surface area contributed by atoms with Crippen molar-refractivity contribution in [2.24, 2.45) is 10.5 Å². The van der Waals surface area contributed by atoms with Crippen LogP contribution in [0.3, 0.4) is 0 Å². The van der Waals surface area contributed by atoms with E-state index in [1.165, 1.54) is 12.1 Å². The van der Waals surface area contributed by atoms with Crippen molar-refractivity contribution in [1.29, 1.82) is 0 Å². The molecule has 0 saturated carbocycles. The van der Waals surface area contributed by atoms with Gasteiger partial charge in [0.2, 0.25) is 5.91 Å². The number of piperidine rings is 1. The van der Waals surface area contributed by atoms with Gasteiger partial charge in [-0.3, -0.25) is 9.59 Å². The Labute approximate surface area is 242 Å². The Morgan fingerprint density at radius 1 is 1.12 bits per heavy atom. The molecule has 1 atom stereocenters. The van der Waals surface area contributed by atoms with Gasteiger partial charge in [0.15, 0.2) is 0 Å². The summed E-state index contributed by atoms with van der Waals surface area (Å²) < 4.78 is 35.8. The number of carbonyl (C=O) groups is 2. The van der Waals surface area contributed by atoms with E-state index in [1.54, 1.807) is 19.1 Å². The Hall–Kier alpha value is -3.55. The van der Waals surface area contributed by atoms with Crippen LogP contribution in [0.5, 0.6) is 0 Å². The van der Waals surface area contributed by atoms with Crippen molar-refractivity contribution in [2.75, 3.05) is 20.1 Å². The SMILES string of the molecule is Cc1onc(-c2ccccc2)c1-c1ccc(S(=O)(=O)NC(=O)CC(CCC2(SN=O)CCN(C)CC2)C(=O)O)cc1. The van der Waals surface area contributed by atoms with Crippen molar-refractivity contribution in [2.45, 2.75) is 48.7 Å². The zero-order chi connectivity index (χ0) is 29.6. The highest BCUT2D eigenvalue weighted by Gasteiger charge is 2.37. The van der Waals surface area contributed by atoms with Gasteiger partial charge in [-0.1, -0.05) is 47.6 Å². The third-order valence-corrected chi connectivity index (χ3v) is 9.93. The fourth-order valence-electron chi connectivity index (χ4n) is 5.02. The molecule has 41 heavy (non-hydrogen) atoms. The number of nitroso groups, excluding NO2 is 1. The number of carboxylic acids is 1. The first-order chi connectivity index (χ1) is 19.5. The number of hydrogen-bond donors (Lipinski definition) is 2. The number of aromatic nitrogens is 1. The number of hydrogen-bond acceptors (Lipinski definition) is 10. The lowest BCUT2D eigenvalue weighted by Gasteiger charge is -2.38. The van der Waals surface area contributed by atoms with Crippen LogP contribution in [-0.2, 0) is 19.6 Å². The second-order valence-corrected chi connectivity index (χ2v) is 13.2. The highest BCUT2D eigenvalue weighted by Crippen LogP contribution is 2.41. The maximum absolute atomic E-state index is 13.0. The van der Waals surface area contributed by atoms with Gasteiger partial charge in [-0.05, 0) is 70.4 Å². The fraction of sp³-hybridized carbons (Fsp3) is 0.393. The largest absolute Gasteiger partial charge is 0.481 e. The molecule has 1 aliphatic heterocycles. The van der Waals surface area contributed by atoms with Gasteiger partial charge in [-0.25, -0.2) is 13.1 Å². The minimum Gasteiger partial charge on any atom is -0.481 e. The van der Waals surface area contributed by atoms with Crippen LogP contribution in [0.4, 0.5) is 0 Å². The Kier molecular flexibility index (Phi) is 9.61. The number of nitrogens with zero attached hydrogens (tertiary/aromatic N) is 3. The normalized spacial score (nSPS) is 16.1. The molecule has 2 aromatic carbocycles.